The van der Waals surface area contributed by atoms with Crippen LogP contribution >= 0.6 is 0 Å². The average molecular weight is 487 g/mol. The minimum Gasteiger partial charge on any atom is -0.252 e. The molecule has 0 N–H and O–H groups in total. The second-order valence-electron chi connectivity index (χ2n) is 9.18. The van der Waals surface area contributed by atoms with Gasteiger partial charge < -0.3 is 0 Å². The van der Waals surface area contributed by atoms with Crippen molar-refractivity contribution in [1.82, 2.24) is 19.9 Å². The maximum Gasteiger partial charge on any atom is 0.181 e. The third kappa shape index (κ3) is 3.80. The lowest BCUT2D eigenvalue weighted by Crippen LogP contribution is -1.93. The lowest BCUT2D eigenvalue weighted by atomic mass is 9.85. The van der Waals surface area contributed by atoms with Crippen LogP contribution in [-0.4, -0.2) is 19.9 Å². The molecule has 5 aromatic carbocycles. The van der Waals surface area contributed by atoms with Crippen molar-refractivity contribution in [2.75, 3.05) is 0 Å². The van der Waals surface area contributed by atoms with Crippen LogP contribution in [0.1, 0.15) is 0 Å². The topological polar surface area (TPSA) is 51.6 Å². The second kappa shape index (κ2) is 9.34. The molecular weight excluding hydrogens is 464 g/mol. The molecule has 2 heterocycles. The van der Waals surface area contributed by atoms with E-state index in [0.717, 1.165) is 16.8 Å². The SMILES string of the molecule is c1ccc(-c2c3ccccc3c(-c3ccccc3)c3cc(-c4ccc(-c5ncncn5)nc4)ccc23)cc1. The Labute approximate surface area is 220 Å². The van der Waals surface area contributed by atoms with Crippen LogP contribution in [0.2, 0.25) is 0 Å². The van der Waals surface area contributed by atoms with Gasteiger partial charge in [-0.25, -0.2) is 15.0 Å². The van der Waals surface area contributed by atoms with E-state index in [9.17, 15) is 0 Å². The maximum atomic E-state index is 4.65. The zero-order chi connectivity index (χ0) is 25.3. The van der Waals surface area contributed by atoms with Gasteiger partial charge in [-0.15, -0.1) is 0 Å². The Morgan fingerprint density at radius 2 is 0.947 bits per heavy atom. The average Bonchev–Trinajstić information content (AvgIpc) is 3.01. The maximum absolute atomic E-state index is 4.65. The number of hydrogen-bond acceptors (Lipinski definition) is 4. The summed E-state index contributed by atoms with van der Waals surface area (Å²) in [5, 5.41) is 4.94. The van der Waals surface area contributed by atoms with Crippen molar-refractivity contribution in [2.45, 2.75) is 0 Å². The highest BCUT2D eigenvalue weighted by Crippen LogP contribution is 2.44. The van der Waals surface area contributed by atoms with Crippen LogP contribution in [0, 0.1) is 0 Å². The Hall–Kier alpha value is -5.22. The van der Waals surface area contributed by atoms with Crippen molar-refractivity contribution in [3.8, 4) is 44.9 Å². The Morgan fingerprint density at radius 1 is 0.395 bits per heavy atom. The van der Waals surface area contributed by atoms with Gasteiger partial charge in [0.05, 0.1) is 0 Å². The molecule has 0 aliphatic rings. The number of hydrogen-bond donors (Lipinski definition) is 0. The van der Waals surface area contributed by atoms with E-state index in [1.807, 2.05) is 12.3 Å². The van der Waals surface area contributed by atoms with Gasteiger partial charge in [-0.1, -0.05) is 103 Å². The van der Waals surface area contributed by atoms with Crippen molar-refractivity contribution in [1.29, 1.82) is 0 Å². The van der Waals surface area contributed by atoms with Crippen LogP contribution in [-0.2, 0) is 0 Å². The summed E-state index contributed by atoms with van der Waals surface area (Å²) in [4.78, 5) is 17.0. The molecule has 0 amide bonds. The summed E-state index contributed by atoms with van der Waals surface area (Å²) in [6, 6.07) is 40.9. The van der Waals surface area contributed by atoms with Gasteiger partial charge in [0.1, 0.15) is 18.3 Å². The van der Waals surface area contributed by atoms with E-state index in [1.54, 1.807) is 0 Å². The number of rotatable bonds is 4. The number of nitrogens with zero attached hydrogens (tertiary/aromatic N) is 4. The van der Waals surface area contributed by atoms with Crippen LogP contribution in [0.15, 0.2) is 134 Å². The number of benzene rings is 5. The largest absolute Gasteiger partial charge is 0.252 e. The molecule has 0 bridgehead atoms. The number of pyridine rings is 1. The molecule has 0 aliphatic carbocycles. The van der Waals surface area contributed by atoms with Gasteiger partial charge in [0.2, 0.25) is 0 Å². The standard InChI is InChI=1S/C34H22N4/c1-3-9-23(10-4-1)32-27-13-7-8-14-28(27)33(24-11-5-2-6-12-24)30-19-25(15-17-29(30)32)26-16-18-31(36-20-26)34-37-21-35-22-38-34/h1-22H. The zero-order valence-corrected chi connectivity index (χ0v) is 20.5. The Kier molecular flexibility index (Phi) is 5.41. The molecule has 0 unspecified atom stereocenters. The molecule has 0 saturated carbocycles. The Morgan fingerprint density at radius 3 is 1.55 bits per heavy atom. The first-order valence-electron chi connectivity index (χ1n) is 12.5. The molecule has 38 heavy (non-hydrogen) atoms. The van der Waals surface area contributed by atoms with Crippen molar-refractivity contribution in [3.05, 3.63) is 134 Å². The quantitative estimate of drug-likeness (QED) is 0.235. The summed E-state index contributed by atoms with van der Waals surface area (Å²) in [6.45, 7) is 0. The van der Waals surface area contributed by atoms with Crippen LogP contribution in [0.5, 0.6) is 0 Å². The molecule has 0 saturated heterocycles. The fourth-order valence-corrected chi connectivity index (χ4v) is 5.26. The van der Waals surface area contributed by atoms with E-state index in [0.29, 0.717) is 5.82 Å². The van der Waals surface area contributed by atoms with E-state index in [2.05, 4.69) is 129 Å². The summed E-state index contributed by atoms with van der Waals surface area (Å²) < 4.78 is 0. The minimum absolute atomic E-state index is 0.565. The van der Waals surface area contributed by atoms with E-state index < -0.39 is 0 Å². The first-order chi connectivity index (χ1) is 18.9. The molecular formula is C34H22N4. The molecule has 178 valence electrons. The van der Waals surface area contributed by atoms with E-state index in [4.69, 9.17) is 0 Å². The molecule has 4 heteroatoms. The smallest absolute Gasteiger partial charge is 0.181 e. The summed E-state index contributed by atoms with van der Waals surface area (Å²) in [7, 11) is 0. The lowest BCUT2D eigenvalue weighted by molar-refractivity contribution is 1.04. The van der Waals surface area contributed by atoms with Crippen LogP contribution in [0.3, 0.4) is 0 Å². The van der Waals surface area contributed by atoms with Crippen molar-refractivity contribution in [2.24, 2.45) is 0 Å². The number of fused-ring (bicyclic) bond motifs is 2. The summed E-state index contributed by atoms with van der Waals surface area (Å²) in [5.74, 6) is 0.565. The Balaban J connectivity index is 1.50. The highest BCUT2D eigenvalue weighted by molar-refractivity contribution is 6.21. The fourth-order valence-electron chi connectivity index (χ4n) is 5.26. The molecule has 0 spiro atoms. The van der Waals surface area contributed by atoms with Gasteiger partial charge in [-0.3, -0.25) is 4.98 Å². The summed E-state index contributed by atoms with van der Waals surface area (Å²) in [5.41, 5.74) is 7.78. The van der Waals surface area contributed by atoms with E-state index in [1.165, 1.54) is 56.5 Å². The van der Waals surface area contributed by atoms with Gasteiger partial charge in [-0.2, -0.15) is 0 Å². The normalized spacial score (nSPS) is 11.2. The van der Waals surface area contributed by atoms with E-state index in [-0.39, 0.29) is 0 Å². The van der Waals surface area contributed by atoms with Crippen molar-refractivity contribution < 1.29 is 0 Å². The van der Waals surface area contributed by atoms with Crippen LogP contribution in [0.25, 0.3) is 66.4 Å². The summed E-state index contributed by atoms with van der Waals surface area (Å²) in [6.07, 6.45) is 4.86. The minimum atomic E-state index is 0.565. The van der Waals surface area contributed by atoms with Gasteiger partial charge in [0.15, 0.2) is 5.82 Å². The highest BCUT2D eigenvalue weighted by atomic mass is 15.0. The molecule has 0 fully saturated rings. The molecule has 2 aromatic heterocycles. The summed E-state index contributed by atoms with van der Waals surface area (Å²) >= 11 is 0. The molecule has 7 rings (SSSR count). The number of aromatic nitrogens is 4. The second-order valence-corrected chi connectivity index (χ2v) is 9.18. The fraction of sp³-hybridized carbons (Fsp3) is 0. The third-order valence-corrected chi connectivity index (χ3v) is 6.97. The van der Waals surface area contributed by atoms with Crippen LogP contribution in [0.4, 0.5) is 0 Å². The van der Waals surface area contributed by atoms with Crippen molar-refractivity contribution >= 4 is 21.5 Å². The first-order valence-corrected chi connectivity index (χ1v) is 12.5. The first kappa shape index (κ1) is 22.0. The third-order valence-electron chi connectivity index (χ3n) is 6.97. The molecule has 0 radical (unpaired) electrons. The van der Waals surface area contributed by atoms with E-state index >= 15 is 0 Å². The van der Waals surface area contributed by atoms with Gasteiger partial charge >= 0.3 is 0 Å². The van der Waals surface area contributed by atoms with Gasteiger partial charge in [0, 0.05) is 11.8 Å². The molecule has 7 aromatic rings. The molecule has 4 nitrogen and oxygen atoms in total. The lowest BCUT2D eigenvalue weighted by Gasteiger charge is -2.18. The predicted molar refractivity (Wildman–Crippen MR) is 154 cm³/mol. The molecule has 0 aliphatic heterocycles. The Bertz CT molecular complexity index is 1880. The van der Waals surface area contributed by atoms with Gasteiger partial charge in [-0.05, 0) is 61.5 Å². The predicted octanol–water partition coefficient (Wildman–Crippen LogP) is 8.24. The highest BCUT2D eigenvalue weighted by Gasteiger charge is 2.17. The molecule has 0 atom stereocenters. The monoisotopic (exact) mass is 486 g/mol. The zero-order valence-electron chi connectivity index (χ0n) is 20.5. The van der Waals surface area contributed by atoms with Crippen LogP contribution < -0.4 is 0 Å². The van der Waals surface area contributed by atoms with Gasteiger partial charge in [0.25, 0.3) is 0 Å². The van der Waals surface area contributed by atoms with Crippen molar-refractivity contribution in [3.63, 3.8) is 0 Å².